The molecule has 0 atom stereocenters. The van der Waals surface area contributed by atoms with E-state index in [1.807, 2.05) is 6.92 Å². The Bertz CT molecular complexity index is 750. The molecule has 2 aromatic rings. The van der Waals surface area contributed by atoms with Gasteiger partial charge in [0.05, 0.1) is 6.42 Å². The largest absolute Gasteiger partial charge is 0.481 e. The smallest absolute Gasteiger partial charge is 0.307 e. The fourth-order valence-corrected chi connectivity index (χ4v) is 4.16. The lowest BCUT2D eigenvalue weighted by Gasteiger charge is -2.07. The van der Waals surface area contributed by atoms with Crippen molar-refractivity contribution in [2.24, 2.45) is 0 Å². The quantitative estimate of drug-likeness (QED) is 0.855. The van der Waals surface area contributed by atoms with Crippen LogP contribution in [0.1, 0.15) is 17.4 Å². The monoisotopic (exact) mass is 325 g/mol. The molecule has 0 saturated carbocycles. The van der Waals surface area contributed by atoms with Crippen LogP contribution < -0.4 is 4.72 Å². The molecule has 1 heterocycles. The summed E-state index contributed by atoms with van der Waals surface area (Å²) in [5.74, 6) is -0.958. The van der Waals surface area contributed by atoms with Gasteiger partial charge in [-0.3, -0.25) is 9.52 Å². The third kappa shape index (κ3) is 4.05. The standard InChI is InChI=1S/C14H15NO4S2/c1-2-12-6-7-14(20-12)21(18,19)15-11-5-3-4-10(8-11)9-13(16)17/h3-8,15H,2,9H2,1H3,(H,16,17). The molecule has 0 spiro atoms. The maximum absolute atomic E-state index is 12.2. The third-order valence-corrected chi connectivity index (χ3v) is 5.89. The zero-order valence-corrected chi connectivity index (χ0v) is 13.0. The van der Waals surface area contributed by atoms with Crippen molar-refractivity contribution in [1.29, 1.82) is 0 Å². The second-order valence-corrected chi connectivity index (χ2v) is 7.53. The Kier molecular flexibility index (Phi) is 4.64. The molecule has 1 aromatic carbocycles. The van der Waals surface area contributed by atoms with Gasteiger partial charge in [-0.1, -0.05) is 19.1 Å². The predicted molar refractivity (Wildman–Crippen MR) is 82.3 cm³/mol. The molecule has 2 rings (SSSR count). The molecular formula is C14H15NO4S2. The minimum absolute atomic E-state index is 0.144. The molecule has 0 aliphatic carbocycles. The molecule has 0 unspecified atom stereocenters. The molecule has 0 bridgehead atoms. The summed E-state index contributed by atoms with van der Waals surface area (Å²) >= 11 is 1.23. The summed E-state index contributed by atoms with van der Waals surface area (Å²) in [7, 11) is -3.63. The molecule has 0 radical (unpaired) electrons. The first-order valence-corrected chi connectivity index (χ1v) is 8.63. The summed E-state index contributed by atoms with van der Waals surface area (Å²) in [6.07, 6.45) is 0.642. The van der Waals surface area contributed by atoms with Crippen LogP contribution in [0, 0.1) is 0 Å². The molecule has 2 N–H and O–H groups in total. The van der Waals surface area contributed by atoms with Crippen molar-refractivity contribution in [1.82, 2.24) is 0 Å². The SMILES string of the molecule is CCc1ccc(S(=O)(=O)Nc2cccc(CC(=O)O)c2)s1. The number of aliphatic carboxylic acids is 1. The van der Waals surface area contributed by atoms with E-state index in [0.29, 0.717) is 11.3 Å². The number of sulfonamides is 1. The molecule has 7 heteroatoms. The van der Waals surface area contributed by atoms with Crippen molar-refractivity contribution in [3.05, 3.63) is 46.8 Å². The summed E-state index contributed by atoms with van der Waals surface area (Å²) in [6.45, 7) is 1.96. The second kappa shape index (κ2) is 6.28. The van der Waals surface area contributed by atoms with E-state index in [1.165, 1.54) is 17.4 Å². The highest BCUT2D eigenvalue weighted by molar-refractivity contribution is 7.94. The Balaban J connectivity index is 2.22. The van der Waals surface area contributed by atoms with Gasteiger partial charge < -0.3 is 5.11 Å². The van der Waals surface area contributed by atoms with Crippen LogP contribution in [-0.2, 0) is 27.7 Å². The minimum atomic E-state index is -3.63. The van der Waals surface area contributed by atoms with Crippen LogP contribution in [-0.4, -0.2) is 19.5 Å². The highest BCUT2D eigenvalue weighted by atomic mass is 32.2. The predicted octanol–water partition coefficient (Wildman–Crippen LogP) is 2.74. The average molecular weight is 325 g/mol. The average Bonchev–Trinajstić information content (AvgIpc) is 2.87. The molecule has 1 aromatic heterocycles. The fourth-order valence-electron chi connectivity index (χ4n) is 1.82. The first kappa shape index (κ1) is 15.5. The number of anilines is 1. The van der Waals surface area contributed by atoms with Crippen molar-refractivity contribution in [3.8, 4) is 0 Å². The van der Waals surface area contributed by atoms with Gasteiger partial charge in [0, 0.05) is 10.6 Å². The number of rotatable bonds is 6. The molecule has 112 valence electrons. The van der Waals surface area contributed by atoms with Gasteiger partial charge in [-0.2, -0.15) is 0 Å². The normalized spacial score (nSPS) is 11.3. The lowest BCUT2D eigenvalue weighted by molar-refractivity contribution is -0.136. The van der Waals surface area contributed by atoms with E-state index in [1.54, 1.807) is 30.3 Å². The van der Waals surface area contributed by atoms with Crippen molar-refractivity contribution in [2.75, 3.05) is 4.72 Å². The van der Waals surface area contributed by atoms with Gasteiger partial charge >= 0.3 is 5.97 Å². The van der Waals surface area contributed by atoms with Gasteiger partial charge in [0.25, 0.3) is 10.0 Å². The van der Waals surface area contributed by atoms with Crippen molar-refractivity contribution < 1.29 is 18.3 Å². The van der Waals surface area contributed by atoms with Crippen molar-refractivity contribution in [2.45, 2.75) is 24.0 Å². The van der Waals surface area contributed by atoms with Gasteiger partial charge in [-0.15, -0.1) is 11.3 Å². The van der Waals surface area contributed by atoms with Gasteiger partial charge in [-0.25, -0.2) is 8.42 Å². The first-order chi connectivity index (χ1) is 9.90. The molecule has 21 heavy (non-hydrogen) atoms. The topological polar surface area (TPSA) is 83.5 Å². The maximum atomic E-state index is 12.2. The van der Waals surface area contributed by atoms with Crippen LogP contribution in [0.3, 0.4) is 0 Å². The number of hydrogen-bond donors (Lipinski definition) is 2. The van der Waals surface area contributed by atoms with Crippen LogP contribution in [0.15, 0.2) is 40.6 Å². The van der Waals surface area contributed by atoms with Gasteiger partial charge in [0.1, 0.15) is 4.21 Å². The second-order valence-electron chi connectivity index (χ2n) is 4.45. The van der Waals surface area contributed by atoms with Gasteiger partial charge in [0.15, 0.2) is 0 Å². The highest BCUT2D eigenvalue weighted by Gasteiger charge is 2.17. The summed E-state index contributed by atoms with van der Waals surface area (Å²) in [5.41, 5.74) is 0.906. The zero-order valence-electron chi connectivity index (χ0n) is 11.4. The lowest BCUT2D eigenvalue weighted by Crippen LogP contribution is -2.11. The van der Waals surface area contributed by atoms with E-state index in [-0.39, 0.29) is 10.6 Å². The number of aryl methyl sites for hydroxylation is 1. The Morgan fingerprint density at radius 2 is 2.05 bits per heavy atom. The minimum Gasteiger partial charge on any atom is -0.481 e. The van der Waals surface area contributed by atoms with E-state index in [4.69, 9.17) is 5.11 Å². The number of benzene rings is 1. The third-order valence-electron chi connectivity index (χ3n) is 2.78. The Morgan fingerprint density at radius 1 is 1.29 bits per heavy atom. The fraction of sp³-hybridized carbons (Fsp3) is 0.214. The highest BCUT2D eigenvalue weighted by Crippen LogP contribution is 2.24. The Morgan fingerprint density at radius 3 is 2.67 bits per heavy atom. The molecule has 0 aliphatic heterocycles. The van der Waals surface area contributed by atoms with Crippen LogP contribution in [0.4, 0.5) is 5.69 Å². The van der Waals surface area contributed by atoms with E-state index < -0.39 is 16.0 Å². The number of nitrogens with one attached hydrogen (secondary N) is 1. The summed E-state index contributed by atoms with van der Waals surface area (Å²) in [6, 6.07) is 9.76. The van der Waals surface area contributed by atoms with Crippen LogP contribution in [0.5, 0.6) is 0 Å². The Hall–Kier alpha value is -1.86. The molecule has 0 fully saturated rings. The van der Waals surface area contributed by atoms with Crippen molar-refractivity contribution in [3.63, 3.8) is 0 Å². The maximum Gasteiger partial charge on any atom is 0.307 e. The molecule has 0 saturated heterocycles. The van der Waals surface area contributed by atoms with Crippen molar-refractivity contribution >= 4 is 33.0 Å². The molecule has 0 amide bonds. The van der Waals surface area contributed by atoms with Crippen LogP contribution in [0.25, 0.3) is 0 Å². The van der Waals surface area contributed by atoms with E-state index in [9.17, 15) is 13.2 Å². The molecule has 0 aliphatic rings. The Labute approximate surface area is 127 Å². The number of carboxylic acid groups (broad SMARTS) is 1. The molecule has 5 nitrogen and oxygen atoms in total. The van der Waals surface area contributed by atoms with Gasteiger partial charge in [0.2, 0.25) is 0 Å². The number of thiophene rings is 1. The van der Waals surface area contributed by atoms with E-state index in [0.717, 1.165) is 11.3 Å². The summed E-state index contributed by atoms with van der Waals surface area (Å²) in [4.78, 5) is 11.7. The number of hydrogen-bond acceptors (Lipinski definition) is 4. The number of carboxylic acids is 1. The van der Waals surface area contributed by atoms with E-state index in [2.05, 4.69) is 4.72 Å². The zero-order chi connectivity index (χ0) is 15.5. The van der Waals surface area contributed by atoms with Gasteiger partial charge in [-0.05, 0) is 36.2 Å². The first-order valence-electron chi connectivity index (χ1n) is 6.33. The molecular weight excluding hydrogens is 310 g/mol. The summed E-state index contributed by atoms with van der Waals surface area (Å²) in [5, 5.41) is 8.76. The summed E-state index contributed by atoms with van der Waals surface area (Å²) < 4.78 is 27.2. The van der Waals surface area contributed by atoms with Crippen LogP contribution in [0.2, 0.25) is 0 Å². The lowest BCUT2D eigenvalue weighted by atomic mass is 10.1. The van der Waals surface area contributed by atoms with E-state index >= 15 is 0 Å². The van der Waals surface area contributed by atoms with Crippen LogP contribution >= 0.6 is 11.3 Å². The number of carbonyl (C=O) groups is 1.